The van der Waals surface area contributed by atoms with Gasteiger partial charge in [0, 0.05) is 25.3 Å². The lowest BCUT2D eigenvalue weighted by Gasteiger charge is -2.28. The lowest BCUT2D eigenvalue weighted by molar-refractivity contribution is 0.271. The second-order valence-electron chi connectivity index (χ2n) is 5.35. The second-order valence-corrected chi connectivity index (χ2v) is 7.29. The van der Waals surface area contributed by atoms with Gasteiger partial charge < -0.3 is 5.73 Å². The van der Waals surface area contributed by atoms with Crippen LogP contribution in [0.5, 0.6) is 0 Å². The van der Waals surface area contributed by atoms with Crippen molar-refractivity contribution in [3.63, 3.8) is 0 Å². The minimum absolute atomic E-state index is 0.239. The summed E-state index contributed by atoms with van der Waals surface area (Å²) in [5, 5.41) is 6.27. The smallest absolute Gasteiger partial charge is 0.246 e. The fourth-order valence-corrected chi connectivity index (χ4v) is 4.61. The third-order valence-electron chi connectivity index (χ3n) is 4.17. The van der Waals surface area contributed by atoms with E-state index >= 15 is 0 Å². The molecule has 2 fully saturated rings. The molecule has 1 aliphatic heterocycles. The Bertz CT molecular complexity index is 513. The first-order valence-electron chi connectivity index (χ1n) is 6.32. The van der Waals surface area contributed by atoms with Crippen LogP contribution < -0.4 is 5.73 Å². The normalized spacial score (nSPS) is 33.5. The molecule has 1 unspecified atom stereocenters. The minimum Gasteiger partial charge on any atom is -0.328 e. The number of aromatic amines is 1. The molecule has 2 aliphatic rings. The van der Waals surface area contributed by atoms with E-state index in [2.05, 4.69) is 10.2 Å². The Morgan fingerprint density at radius 3 is 2.83 bits per heavy atom. The summed E-state index contributed by atoms with van der Waals surface area (Å²) in [5.41, 5.74) is 5.96. The Labute approximate surface area is 107 Å². The van der Waals surface area contributed by atoms with E-state index in [1.54, 1.807) is 4.31 Å². The number of hydrogen-bond donors (Lipinski definition) is 2. The van der Waals surface area contributed by atoms with Crippen molar-refractivity contribution in [3.05, 3.63) is 12.4 Å². The molecule has 18 heavy (non-hydrogen) atoms. The van der Waals surface area contributed by atoms with Gasteiger partial charge in [0.05, 0.1) is 6.20 Å². The zero-order valence-electron chi connectivity index (χ0n) is 10.1. The van der Waals surface area contributed by atoms with Crippen LogP contribution in [0, 0.1) is 11.8 Å². The van der Waals surface area contributed by atoms with Crippen molar-refractivity contribution >= 4 is 10.0 Å². The summed E-state index contributed by atoms with van der Waals surface area (Å²) >= 11 is 0. The summed E-state index contributed by atoms with van der Waals surface area (Å²) in [6.45, 7) is 1.23. The van der Waals surface area contributed by atoms with Crippen molar-refractivity contribution < 1.29 is 8.42 Å². The van der Waals surface area contributed by atoms with E-state index in [-0.39, 0.29) is 10.9 Å². The van der Waals surface area contributed by atoms with E-state index in [1.807, 2.05) is 0 Å². The highest BCUT2D eigenvalue weighted by Crippen LogP contribution is 2.37. The summed E-state index contributed by atoms with van der Waals surface area (Å²) < 4.78 is 26.3. The Balaban J connectivity index is 1.80. The molecule has 0 radical (unpaired) electrons. The number of nitrogens with zero attached hydrogens (tertiary/aromatic N) is 2. The number of hydrogen-bond acceptors (Lipinski definition) is 4. The van der Waals surface area contributed by atoms with E-state index < -0.39 is 10.0 Å². The zero-order chi connectivity index (χ0) is 12.8. The first-order valence-corrected chi connectivity index (χ1v) is 7.76. The fraction of sp³-hybridized carbons (Fsp3) is 0.727. The van der Waals surface area contributed by atoms with Crippen LogP contribution in [0.25, 0.3) is 0 Å². The lowest BCUT2D eigenvalue weighted by Crippen LogP contribution is -2.32. The molecule has 2 heterocycles. The fourth-order valence-electron chi connectivity index (χ4n) is 3.15. The topological polar surface area (TPSA) is 92.1 Å². The summed E-state index contributed by atoms with van der Waals surface area (Å²) in [6, 6.07) is 0.239. The van der Waals surface area contributed by atoms with Crippen LogP contribution in [0.15, 0.2) is 17.3 Å². The minimum atomic E-state index is -3.37. The van der Waals surface area contributed by atoms with Gasteiger partial charge in [-0.1, -0.05) is 0 Å². The molecule has 1 aliphatic carbocycles. The standard InChI is InChI=1S/C11H18N4O2S/c12-10-2-1-8-6-15(7-9(8)3-10)18(16,17)11-4-13-14-5-11/h4-5,8-10H,1-3,6-7,12H2,(H,13,14)/t8-,9+,10?/m0/s1. The average Bonchev–Trinajstić information content (AvgIpc) is 2.97. The molecule has 3 rings (SSSR count). The molecule has 0 spiro atoms. The molecule has 0 aromatic carbocycles. The largest absolute Gasteiger partial charge is 0.328 e. The van der Waals surface area contributed by atoms with Crippen molar-refractivity contribution in [1.29, 1.82) is 0 Å². The summed E-state index contributed by atoms with van der Waals surface area (Å²) in [7, 11) is -3.37. The van der Waals surface area contributed by atoms with Gasteiger partial charge in [0.15, 0.2) is 0 Å². The first kappa shape index (κ1) is 12.1. The van der Waals surface area contributed by atoms with Gasteiger partial charge in [-0.15, -0.1) is 0 Å². The van der Waals surface area contributed by atoms with Crippen LogP contribution in [0.4, 0.5) is 0 Å². The molecular formula is C11H18N4O2S. The number of nitrogens with two attached hydrogens (primary N) is 1. The number of sulfonamides is 1. The number of nitrogens with one attached hydrogen (secondary N) is 1. The van der Waals surface area contributed by atoms with Crippen molar-refractivity contribution in [2.45, 2.75) is 30.2 Å². The molecule has 7 heteroatoms. The van der Waals surface area contributed by atoms with Crippen LogP contribution in [0.1, 0.15) is 19.3 Å². The molecule has 3 N–H and O–H groups in total. The summed E-state index contributed by atoms with van der Waals surface area (Å²) in [5.74, 6) is 0.905. The number of fused-ring (bicyclic) bond motifs is 1. The molecular weight excluding hydrogens is 252 g/mol. The molecule has 0 bridgehead atoms. The Morgan fingerprint density at radius 1 is 1.33 bits per heavy atom. The molecule has 1 saturated carbocycles. The average molecular weight is 270 g/mol. The lowest BCUT2D eigenvalue weighted by atomic mass is 9.79. The van der Waals surface area contributed by atoms with Crippen molar-refractivity contribution in [2.24, 2.45) is 17.6 Å². The Hall–Kier alpha value is -0.920. The highest BCUT2D eigenvalue weighted by Gasteiger charge is 2.41. The van der Waals surface area contributed by atoms with E-state index in [9.17, 15) is 8.42 Å². The van der Waals surface area contributed by atoms with Gasteiger partial charge in [0.2, 0.25) is 10.0 Å². The van der Waals surface area contributed by atoms with Crippen molar-refractivity contribution in [1.82, 2.24) is 14.5 Å². The molecule has 1 saturated heterocycles. The van der Waals surface area contributed by atoms with Crippen LogP contribution in [0.2, 0.25) is 0 Å². The predicted octanol–water partition coefficient (Wildman–Crippen LogP) is 0.158. The van der Waals surface area contributed by atoms with Crippen LogP contribution in [-0.4, -0.2) is 42.1 Å². The molecule has 100 valence electrons. The molecule has 6 nitrogen and oxygen atoms in total. The maximum Gasteiger partial charge on any atom is 0.246 e. The van der Waals surface area contributed by atoms with E-state index in [0.717, 1.165) is 19.3 Å². The Morgan fingerprint density at radius 2 is 2.11 bits per heavy atom. The maximum atomic E-state index is 12.4. The van der Waals surface area contributed by atoms with Crippen LogP contribution in [-0.2, 0) is 10.0 Å². The number of aromatic nitrogens is 2. The van der Waals surface area contributed by atoms with Gasteiger partial charge >= 0.3 is 0 Å². The van der Waals surface area contributed by atoms with Gasteiger partial charge in [-0.25, -0.2) is 8.42 Å². The third kappa shape index (κ3) is 1.96. The van der Waals surface area contributed by atoms with Gasteiger partial charge in [-0.3, -0.25) is 5.10 Å². The van der Waals surface area contributed by atoms with E-state index in [0.29, 0.717) is 24.9 Å². The Kier molecular flexibility index (Phi) is 2.91. The van der Waals surface area contributed by atoms with Crippen LogP contribution >= 0.6 is 0 Å². The van der Waals surface area contributed by atoms with Crippen LogP contribution in [0.3, 0.4) is 0 Å². The number of H-pyrrole nitrogens is 1. The highest BCUT2D eigenvalue weighted by atomic mass is 32.2. The maximum absolute atomic E-state index is 12.4. The highest BCUT2D eigenvalue weighted by molar-refractivity contribution is 7.89. The zero-order valence-corrected chi connectivity index (χ0v) is 10.9. The van der Waals surface area contributed by atoms with Crippen molar-refractivity contribution in [3.8, 4) is 0 Å². The summed E-state index contributed by atoms with van der Waals surface area (Å²) in [6.07, 6.45) is 5.80. The summed E-state index contributed by atoms with van der Waals surface area (Å²) in [4.78, 5) is 0.255. The molecule has 3 atom stereocenters. The SMILES string of the molecule is NC1CC[C@H]2CN(S(=O)(=O)c3cn[nH]c3)C[C@H]2C1. The van der Waals surface area contributed by atoms with Crippen molar-refractivity contribution in [2.75, 3.05) is 13.1 Å². The quantitative estimate of drug-likeness (QED) is 0.800. The van der Waals surface area contributed by atoms with Gasteiger partial charge in [0.25, 0.3) is 0 Å². The second kappa shape index (κ2) is 4.32. The van der Waals surface area contributed by atoms with Gasteiger partial charge in [0.1, 0.15) is 4.90 Å². The first-order chi connectivity index (χ1) is 8.57. The molecule has 1 aromatic rings. The van der Waals surface area contributed by atoms with Gasteiger partial charge in [-0.05, 0) is 31.1 Å². The van der Waals surface area contributed by atoms with Gasteiger partial charge in [-0.2, -0.15) is 9.40 Å². The predicted molar refractivity (Wildman–Crippen MR) is 66.2 cm³/mol. The van der Waals surface area contributed by atoms with E-state index in [1.165, 1.54) is 12.4 Å². The molecule has 0 amide bonds. The third-order valence-corrected chi connectivity index (χ3v) is 5.96. The molecule has 1 aromatic heterocycles. The van der Waals surface area contributed by atoms with E-state index in [4.69, 9.17) is 5.73 Å². The monoisotopic (exact) mass is 270 g/mol. The number of rotatable bonds is 2.